The first-order valence-corrected chi connectivity index (χ1v) is 8.86. The highest BCUT2D eigenvalue weighted by molar-refractivity contribution is 5.95. The molecule has 2 aromatic heterocycles. The molecule has 3 heterocycles. The van der Waals surface area contributed by atoms with E-state index in [0.29, 0.717) is 11.5 Å². The maximum Gasteiger partial charge on any atom is 0.257 e. The number of aromatic nitrogens is 3. The minimum atomic E-state index is -0.0908. The summed E-state index contributed by atoms with van der Waals surface area (Å²) in [5, 5.41) is 4.46. The molecule has 1 aliphatic rings. The van der Waals surface area contributed by atoms with E-state index in [4.69, 9.17) is 4.74 Å². The Bertz CT molecular complexity index is 707. The zero-order valence-electron chi connectivity index (χ0n) is 15.2. The Balaban J connectivity index is 1.71. The normalized spacial score (nSPS) is 16.6. The van der Waals surface area contributed by atoms with E-state index >= 15 is 0 Å². The van der Waals surface area contributed by atoms with E-state index < -0.39 is 0 Å². The highest BCUT2D eigenvalue weighted by atomic mass is 16.5. The van der Waals surface area contributed by atoms with Gasteiger partial charge in [0.25, 0.3) is 5.91 Å². The van der Waals surface area contributed by atoms with Crippen LogP contribution in [0.5, 0.6) is 0 Å². The first kappa shape index (κ1) is 17.6. The second-order valence-electron chi connectivity index (χ2n) is 6.73. The number of carbonyl (C=O) groups is 1. The molecule has 1 aliphatic heterocycles. The molecule has 0 radical (unpaired) electrons. The lowest BCUT2D eigenvalue weighted by Gasteiger charge is -2.25. The number of pyridine rings is 1. The molecule has 0 aromatic carbocycles. The lowest BCUT2D eigenvalue weighted by molar-refractivity contribution is 0.0598. The molecule has 1 fully saturated rings. The minimum Gasteiger partial charge on any atom is -0.381 e. The zero-order valence-corrected chi connectivity index (χ0v) is 15.2. The average Bonchev–Trinajstić information content (AvgIpc) is 3.02. The topological polar surface area (TPSA) is 60.2 Å². The van der Waals surface area contributed by atoms with Crippen LogP contribution in [0, 0.1) is 12.8 Å². The van der Waals surface area contributed by atoms with Gasteiger partial charge in [0.2, 0.25) is 0 Å². The summed E-state index contributed by atoms with van der Waals surface area (Å²) < 4.78 is 7.38. The fourth-order valence-corrected chi connectivity index (χ4v) is 3.20. The Labute approximate surface area is 148 Å². The van der Waals surface area contributed by atoms with Gasteiger partial charge in [0.1, 0.15) is 0 Å². The second kappa shape index (κ2) is 7.78. The van der Waals surface area contributed by atoms with Gasteiger partial charge in [0.05, 0.1) is 23.5 Å². The standard InChI is InChI=1S/C19H26N4O2/c1-14-17(12-21-23(14)13-16-7-10-25-11-8-16)19(24)22(3)15(2)18-6-4-5-9-20-18/h4-6,9,12,15-16H,7-8,10-11,13H2,1-3H3/t15-/m0/s1. The van der Waals surface area contributed by atoms with E-state index in [2.05, 4.69) is 10.1 Å². The summed E-state index contributed by atoms with van der Waals surface area (Å²) in [5.41, 5.74) is 2.47. The van der Waals surface area contributed by atoms with Gasteiger partial charge in [0.15, 0.2) is 0 Å². The number of rotatable bonds is 5. The van der Waals surface area contributed by atoms with Gasteiger partial charge in [-0.2, -0.15) is 5.10 Å². The van der Waals surface area contributed by atoms with E-state index in [9.17, 15) is 4.79 Å². The number of hydrogen-bond donors (Lipinski definition) is 0. The Hall–Kier alpha value is -2.21. The van der Waals surface area contributed by atoms with Gasteiger partial charge < -0.3 is 9.64 Å². The lowest BCUT2D eigenvalue weighted by atomic mass is 10.0. The highest BCUT2D eigenvalue weighted by Gasteiger charge is 2.24. The van der Waals surface area contributed by atoms with Crippen molar-refractivity contribution in [3.63, 3.8) is 0 Å². The minimum absolute atomic E-state index is 0.0196. The number of hydrogen-bond acceptors (Lipinski definition) is 4. The molecule has 0 unspecified atom stereocenters. The zero-order chi connectivity index (χ0) is 17.8. The number of ether oxygens (including phenoxy) is 1. The largest absolute Gasteiger partial charge is 0.381 e. The van der Waals surface area contributed by atoms with E-state index in [1.807, 2.05) is 43.8 Å². The average molecular weight is 342 g/mol. The van der Waals surface area contributed by atoms with Crippen LogP contribution in [0.1, 0.15) is 47.6 Å². The van der Waals surface area contributed by atoms with Crippen LogP contribution in [0.15, 0.2) is 30.6 Å². The second-order valence-corrected chi connectivity index (χ2v) is 6.73. The smallest absolute Gasteiger partial charge is 0.257 e. The van der Waals surface area contributed by atoms with Crippen molar-refractivity contribution in [3.8, 4) is 0 Å². The highest BCUT2D eigenvalue weighted by Crippen LogP contribution is 2.22. The monoisotopic (exact) mass is 342 g/mol. The van der Waals surface area contributed by atoms with Crippen molar-refractivity contribution in [3.05, 3.63) is 47.5 Å². The Morgan fingerprint density at radius 1 is 1.40 bits per heavy atom. The predicted molar refractivity (Wildman–Crippen MR) is 95.3 cm³/mol. The molecule has 0 bridgehead atoms. The Morgan fingerprint density at radius 3 is 2.84 bits per heavy atom. The van der Waals surface area contributed by atoms with Crippen LogP contribution in [-0.4, -0.2) is 45.8 Å². The van der Waals surface area contributed by atoms with E-state index in [1.54, 1.807) is 17.3 Å². The maximum absolute atomic E-state index is 12.9. The molecule has 0 aliphatic carbocycles. The molecule has 1 atom stereocenters. The van der Waals surface area contributed by atoms with Crippen LogP contribution in [-0.2, 0) is 11.3 Å². The molecule has 1 amide bonds. The fraction of sp³-hybridized carbons (Fsp3) is 0.526. The first-order valence-electron chi connectivity index (χ1n) is 8.86. The van der Waals surface area contributed by atoms with Crippen molar-refractivity contribution in [2.75, 3.05) is 20.3 Å². The summed E-state index contributed by atoms with van der Waals surface area (Å²) in [6.45, 7) is 6.45. The van der Waals surface area contributed by atoms with Gasteiger partial charge in [-0.25, -0.2) is 0 Å². The molecule has 0 saturated carbocycles. The summed E-state index contributed by atoms with van der Waals surface area (Å²) in [7, 11) is 1.82. The third-order valence-corrected chi connectivity index (χ3v) is 5.12. The van der Waals surface area contributed by atoms with Gasteiger partial charge in [-0.1, -0.05) is 6.07 Å². The molecule has 0 spiro atoms. The number of amides is 1. The molecular weight excluding hydrogens is 316 g/mol. The molecular formula is C19H26N4O2. The van der Waals surface area contributed by atoms with E-state index in [0.717, 1.165) is 44.0 Å². The van der Waals surface area contributed by atoms with Crippen molar-refractivity contribution < 1.29 is 9.53 Å². The van der Waals surface area contributed by atoms with Crippen LogP contribution in [0.2, 0.25) is 0 Å². The molecule has 6 nitrogen and oxygen atoms in total. The molecule has 134 valence electrons. The quantitative estimate of drug-likeness (QED) is 0.838. The van der Waals surface area contributed by atoms with Gasteiger partial charge in [-0.05, 0) is 44.7 Å². The van der Waals surface area contributed by atoms with Gasteiger partial charge in [-0.15, -0.1) is 0 Å². The van der Waals surface area contributed by atoms with Crippen LogP contribution in [0.3, 0.4) is 0 Å². The lowest BCUT2D eigenvalue weighted by Crippen LogP contribution is -2.30. The summed E-state index contributed by atoms with van der Waals surface area (Å²) >= 11 is 0. The molecule has 3 rings (SSSR count). The molecule has 25 heavy (non-hydrogen) atoms. The van der Waals surface area contributed by atoms with Crippen molar-refractivity contribution in [2.24, 2.45) is 5.92 Å². The van der Waals surface area contributed by atoms with Gasteiger partial charge >= 0.3 is 0 Å². The van der Waals surface area contributed by atoms with Crippen LogP contribution in [0.25, 0.3) is 0 Å². The molecule has 0 N–H and O–H groups in total. The maximum atomic E-state index is 12.9. The van der Waals surface area contributed by atoms with E-state index in [1.165, 1.54) is 0 Å². The van der Waals surface area contributed by atoms with Crippen molar-refractivity contribution >= 4 is 5.91 Å². The fourth-order valence-electron chi connectivity index (χ4n) is 3.20. The Kier molecular flexibility index (Phi) is 5.48. The molecule has 2 aromatic rings. The van der Waals surface area contributed by atoms with Crippen LogP contribution in [0.4, 0.5) is 0 Å². The Morgan fingerprint density at radius 2 is 2.16 bits per heavy atom. The van der Waals surface area contributed by atoms with Gasteiger partial charge in [-0.3, -0.25) is 14.5 Å². The summed E-state index contributed by atoms with van der Waals surface area (Å²) in [6, 6.07) is 5.67. The summed E-state index contributed by atoms with van der Waals surface area (Å²) in [4.78, 5) is 19.0. The number of nitrogens with zero attached hydrogens (tertiary/aromatic N) is 4. The third kappa shape index (κ3) is 3.90. The van der Waals surface area contributed by atoms with E-state index in [-0.39, 0.29) is 11.9 Å². The first-order chi connectivity index (χ1) is 12.1. The summed E-state index contributed by atoms with van der Waals surface area (Å²) in [5.74, 6) is 0.550. The number of carbonyl (C=O) groups excluding carboxylic acids is 1. The predicted octanol–water partition coefficient (Wildman–Crippen LogP) is 2.85. The van der Waals surface area contributed by atoms with Crippen molar-refractivity contribution in [1.29, 1.82) is 0 Å². The van der Waals surface area contributed by atoms with Crippen molar-refractivity contribution in [2.45, 2.75) is 39.3 Å². The third-order valence-electron chi connectivity index (χ3n) is 5.12. The molecule has 1 saturated heterocycles. The van der Waals surface area contributed by atoms with Crippen LogP contribution >= 0.6 is 0 Å². The molecule has 6 heteroatoms. The van der Waals surface area contributed by atoms with Crippen LogP contribution < -0.4 is 0 Å². The SMILES string of the molecule is Cc1c(C(=O)N(C)[C@@H](C)c2ccccn2)cnn1CC1CCOCC1. The van der Waals surface area contributed by atoms with Crippen molar-refractivity contribution in [1.82, 2.24) is 19.7 Å². The van der Waals surface area contributed by atoms with Gasteiger partial charge in [0, 0.05) is 38.7 Å². The summed E-state index contributed by atoms with van der Waals surface area (Å²) in [6.07, 6.45) is 5.55.